The van der Waals surface area contributed by atoms with E-state index < -0.39 is 29.8 Å². The van der Waals surface area contributed by atoms with Gasteiger partial charge in [0.1, 0.15) is 6.54 Å². The van der Waals surface area contributed by atoms with E-state index in [1.807, 2.05) is 0 Å². The molecule has 0 radical (unpaired) electrons. The molecule has 1 aromatic rings. The number of carboxylic acids is 1. The Morgan fingerprint density at radius 3 is 2.65 bits per heavy atom. The second kappa shape index (κ2) is 5.50. The number of alkyl halides is 1. The van der Waals surface area contributed by atoms with Crippen molar-refractivity contribution in [2.24, 2.45) is 0 Å². The molecule has 0 aliphatic carbocycles. The molecule has 0 aliphatic rings. The van der Waals surface area contributed by atoms with Crippen LogP contribution in [0.25, 0.3) is 0 Å². The van der Waals surface area contributed by atoms with Gasteiger partial charge in [0.15, 0.2) is 0 Å². The maximum Gasteiger partial charge on any atom is 0.331 e. The Labute approximate surface area is 110 Å². The van der Waals surface area contributed by atoms with Crippen molar-refractivity contribution in [3.05, 3.63) is 31.5 Å². The first kappa shape index (κ1) is 14.0. The Morgan fingerprint density at radius 1 is 1.59 bits per heavy atom. The average Bonchev–Trinajstić information content (AvgIpc) is 2.25. The van der Waals surface area contributed by atoms with Crippen LogP contribution in [0.15, 0.2) is 20.3 Å². The van der Waals surface area contributed by atoms with E-state index >= 15 is 0 Å². The summed E-state index contributed by atoms with van der Waals surface area (Å²) in [5.74, 6) is -1.08. The van der Waals surface area contributed by atoms with E-state index in [0.717, 1.165) is 15.3 Å². The van der Waals surface area contributed by atoms with Crippen molar-refractivity contribution < 1.29 is 9.90 Å². The molecule has 0 saturated carbocycles. The number of halogens is 2. The van der Waals surface area contributed by atoms with Crippen LogP contribution in [0.3, 0.4) is 0 Å². The van der Waals surface area contributed by atoms with E-state index in [1.54, 1.807) is 6.92 Å². The largest absolute Gasteiger partial charge is 0.480 e. The third-order valence-electron chi connectivity index (χ3n) is 2.11. The van der Waals surface area contributed by atoms with Crippen LogP contribution in [0.5, 0.6) is 0 Å². The molecule has 94 valence electrons. The summed E-state index contributed by atoms with van der Waals surface area (Å²) in [5.41, 5.74) is -1.21. The number of aromatic nitrogens is 2. The fraction of sp³-hybridized carbons (Fsp3) is 0.444. The number of aliphatic carboxylic acids is 1. The highest BCUT2D eigenvalue weighted by molar-refractivity contribution is 9.10. The Kier molecular flexibility index (Phi) is 4.53. The van der Waals surface area contributed by atoms with Crippen LogP contribution in [0.4, 0.5) is 0 Å². The summed E-state index contributed by atoms with van der Waals surface area (Å²) in [5, 5.41) is 8.65. The average molecular weight is 326 g/mol. The zero-order valence-electron chi connectivity index (χ0n) is 8.89. The van der Waals surface area contributed by atoms with E-state index in [9.17, 15) is 14.4 Å². The lowest BCUT2D eigenvalue weighted by atomic mass is 10.4. The standard InChI is InChI=1S/C9H10BrClN2O4/c1-5(2-11)13-8(16)6(10)3-12(9(13)17)4-7(14)15/h3,5H,2,4H2,1H3,(H,14,15)/t5-/m0/s1. The van der Waals surface area contributed by atoms with Gasteiger partial charge in [0.05, 0.1) is 10.5 Å². The second-order valence-corrected chi connectivity index (χ2v) is 4.62. The summed E-state index contributed by atoms with van der Waals surface area (Å²) in [4.78, 5) is 34.2. The van der Waals surface area contributed by atoms with Gasteiger partial charge in [-0.15, -0.1) is 11.6 Å². The molecule has 0 saturated heterocycles. The van der Waals surface area contributed by atoms with Gasteiger partial charge >= 0.3 is 11.7 Å². The smallest absolute Gasteiger partial charge is 0.331 e. The molecule has 8 heteroatoms. The van der Waals surface area contributed by atoms with Crippen molar-refractivity contribution in [2.45, 2.75) is 19.5 Å². The molecule has 0 fully saturated rings. The number of carbonyl (C=O) groups is 1. The summed E-state index contributed by atoms with van der Waals surface area (Å²) in [6.07, 6.45) is 1.16. The van der Waals surface area contributed by atoms with Crippen molar-refractivity contribution in [3.63, 3.8) is 0 Å². The van der Waals surface area contributed by atoms with Gasteiger partial charge in [-0.1, -0.05) is 0 Å². The minimum absolute atomic E-state index is 0.0820. The maximum atomic E-state index is 11.9. The van der Waals surface area contributed by atoms with Gasteiger partial charge in [0.25, 0.3) is 5.56 Å². The molecule has 1 rings (SSSR count). The minimum Gasteiger partial charge on any atom is -0.480 e. The number of hydrogen-bond donors (Lipinski definition) is 1. The first-order valence-electron chi connectivity index (χ1n) is 4.67. The Balaban J connectivity index is 3.48. The Morgan fingerprint density at radius 2 is 2.18 bits per heavy atom. The predicted octanol–water partition coefficient (Wildman–Crippen LogP) is 0.657. The van der Waals surface area contributed by atoms with Crippen LogP contribution in [0.2, 0.25) is 0 Å². The van der Waals surface area contributed by atoms with Gasteiger partial charge in [-0.2, -0.15) is 0 Å². The van der Waals surface area contributed by atoms with Crippen molar-refractivity contribution in [1.29, 1.82) is 0 Å². The lowest BCUT2D eigenvalue weighted by Crippen LogP contribution is -2.42. The molecule has 0 aliphatic heterocycles. The van der Waals surface area contributed by atoms with Gasteiger partial charge in [0.2, 0.25) is 0 Å². The fourth-order valence-electron chi connectivity index (χ4n) is 1.30. The highest BCUT2D eigenvalue weighted by Crippen LogP contribution is 2.05. The first-order chi connectivity index (χ1) is 7.88. The Bertz CT molecular complexity index is 551. The SMILES string of the molecule is C[C@@H](CCl)n1c(=O)c(Br)cn(CC(=O)O)c1=O. The molecule has 0 amide bonds. The molecule has 0 aromatic carbocycles. The summed E-state index contributed by atoms with van der Waals surface area (Å²) >= 11 is 8.59. The van der Waals surface area contributed by atoms with E-state index in [1.165, 1.54) is 0 Å². The van der Waals surface area contributed by atoms with Crippen LogP contribution < -0.4 is 11.2 Å². The van der Waals surface area contributed by atoms with Crippen LogP contribution in [0.1, 0.15) is 13.0 Å². The van der Waals surface area contributed by atoms with Gasteiger partial charge in [-0.05, 0) is 22.9 Å². The predicted molar refractivity (Wildman–Crippen MR) is 65.7 cm³/mol. The van der Waals surface area contributed by atoms with Crippen LogP contribution in [0, 0.1) is 0 Å². The lowest BCUT2D eigenvalue weighted by molar-refractivity contribution is -0.137. The highest BCUT2D eigenvalue weighted by Gasteiger charge is 2.15. The molecule has 0 unspecified atom stereocenters. The van der Waals surface area contributed by atoms with Crippen molar-refractivity contribution in [1.82, 2.24) is 9.13 Å². The number of rotatable bonds is 4. The normalized spacial score (nSPS) is 12.4. The summed E-state index contributed by atoms with van der Waals surface area (Å²) in [6, 6.07) is -0.505. The zero-order valence-corrected chi connectivity index (χ0v) is 11.2. The van der Waals surface area contributed by atoms with Crippen molar-refractivity contribution in [3.8, 4) is 0 Å². The fourth-order valence-corrected chi connectivity index (χ4v) is 1.88. The van der Waals surface area contributed by atoms with E-state index in [4.69, 9.17) is 16.7 Å². The lowest BCUT2D eigenvalue weighted by Gasteiger charge is -2.13. The molecule has 1 N–H and O–H groups in total. The molecule has 1 aromatic heterocycles. The Hall–Kier alpha value is -1.08. The molecule has 0 spiro atoms. The van der Waals surface area contributed by atoms with Gasteiger partial charge in [0, 0.05) is 12.1 Å². The molecular weight excluding hydrogens is 315 g/mol. The van der Waals surface area contributed by atoms with Crippen molar-refractivity contribution >= 4 is 33.5 Å². The van der Waals surface area contributed by atoms with Gasteiger partial charge in [-0.3, -0.25) is 18.7 Å². The zero-order chi connectivity index (χ0) is 13.2. The van der Waals surface area contributed by atoms with Crippen LogP contribution in [-0.4, -0.2) is 26.1 Å². The summed E-state index contributed by atoms with van der Waals surface area (Å²) < 4.78 is 1.99. The second-order valence-electron chi connectivity index (χ2n) is 3.46. The number of carboxylic acid groups (broad SMARTS) is 1. The quantitative estimate of drug-likeness (QED) is 0.825. The third kappa shape index (κ3) is 2.98. The molecule has 17 heavy (non-hydrogen) atoms. The number of hydrogen-bond acceptors (Lipinski definition) is 3. The summed E-state index contributed by atoms with van der Waals surface area (Å²) in [7, 11) is 0. The molecule has 1 atom stereocenters. The van der Waals surface area contributed by atoms with Crippen LogP contribution >= 0.6 is 27.5 Å². The highest BCUT2D eigenvalue weighted by atomic mass is 79.9. The number of nitrogens with zero attached hydrogens (tertiary/aromatic N) is 2. The van der Waals surface area contributed by atoms with E-state index in [0.29, 0.717) is 0 Å². The molecule has 1 heterocycles. The van der Waals surface area contributed by atoms with Crippen LogP contribution in [-0.2, 0) is 11.3 Å². The van der Waals surface area contributed by atoms with E-state index in [-0.39, 0.29) is 10.4 Å². The van der Waals surface area contributed by atoms with E-state index in [2.05, 4.69) is 15.9 Å². The topological polar surface area (TPSA) is 81.3 Å². The van der Waals surface area contributed by atoms with Gasteiger partial charge in [-0.25, -0.2) is 4.79 Å². The molecular formula is C9H10BrClN2O4. The first-order valence-corrected chi connectivity index (χ1v) is 6.00. The monoisotopic (exact) mass is 324 g/mol. The maximum absolute atomic E-state index is 11.9. The third-order valence-corrected chi connectivity index (χ3v) is 3.10. The van der Waals surface area contributed by atoms with Crippen molar-refractivity contribution in [2.75, 3.05) is 5.88 Å². The summed E-state index contributed by atoms with van der Waals surface area (Å²) in [6.45, 7) is 1.10. The minimum atomic E-state index is -1.16. The van der Waals surface area contributed by atoms with Gasteiger partial charge < -0.3 is 5.11 Å². The molecule has 6 nitrogen and oxygen atoms in total. The molecule has 0 bridgehead atoms.